The van der Waals surface area contributed by atoms with E-state index in [1.165, 1.54) is 18.2 Å². The molecule has 3 aliphatic rings. The molecule has 38 heavy (non-hydrogen) atoms. The molecule has 1 saturated heterocycles. The Morgan fingerprint density at radius 2 is 1.50 bits per heavy atom. The topological polar surface area (TPSA) is 101 Å². The van der Waals surface area contributed by atoms with E-state index in [-0.39, 0.29) is 27.9 Å². The van der Waals surface area contributed by atoms with Gasteiger partial charge in [0, 0.05) is 22.2 Å². The van der Waals surface area contributed by atoms with Crippen LogP contribution in [0.1, 0.15) is 15.9 Å². The number of alkyl halides is 4. The Balaban J connectivity index is 1.62. The zero-order valence-corrected chi connectivity index (χ0v) is 24.6. The lowest BCUT2D eigenvalue weighted by atomic mass is 9.84. The Labute approximate surface area is 253 Å². The summed E-state index contributed by atoms with van der Waals surface area (Å²) in [6.07, 6.45) is 0. The molecule has 3 amide bonds. The van der Waals surface area contributed by atoms with Gasteiger partial charge in [-0.1, -0.05) is 80.5 Å². The number of nitro groups is 1. The van der Waals surface area contributed by atoms with Crippen molar-refractivity contribution in [1.82, 2.24) is 10.0 Å². The fourth-order valence-electron chi connectivity index (χ4n) is 5.12. The van der Waals surface area contributed by atoms with Gasteiger partial charge in [-0.15, -0.1) is 23.2 Å². The van der Waals surface area contributed by atoms with E-state index in [9.17, 15) is 24.5 Å². The first kappa shape index (κ1) is 28.0. The van der Waals surface area contributed by atoms with Crippen LogP contribution in [-0.4, -0.2) is 46.7 Å². The van der Waals surface area contributed by atoms with Crippen LogP contribution in [0.5, 0.6) is 0 Å². The number of hydrogen-bond acceptors (Lipinski definition) is 5. The molecule has 4 atom stereocenters. The van der Waals surface area contributed by atoms with Crippen LogP contribution in [0.4, 0.5) is 5.69 Å². The summed E-state index contributed by atoms with van der Waals surface area (Å²) in [5.41, 5.74) is 0.0352. The van der Waals surface area contributed by atoms with E-state index in [0.29, 0.717) is 10.6 Å². The van der Waals surface area contributed by atoms with E-state index in [4.69, 9.17) is 69.6 Å². The van der Waals surface area contributed by atoms with Crippen molar-refractivity contribution in [1.29, 1.82) is 0 Å². The molecule has 2 aromatic rings. The predicted octanol–water partition coefficient (Wildman–Crippen LogP) is 6.36. The molecule has 0 N–H and O–H groups in total. The van der Waals surface area contributed by atoms with E-state index in [2.05, 4.69) is 15.9 Å². The number of fused-ring (bicyclic) bond motifs is 5. The van der Waals surface area contributed by atoms with Crippen molar-refractivity contribution in [3.05, 3.63) is 84.3 Å². The number of rotatable bonds is 5. The molecular weight excluding hydrogens is 691 g/mol. The van der Waals surface area contributed by atoms with Gasteiger partial charge in [0.15, 0.2) is 4.33 Å². The summed E-state index contributed by atoms with van der Waals surface area (Å²) < 4.78 is -1.38. The van der Waals surface area contributed by atoms with Crippen LogP contribution in [0.3, 0.4) is 0 Å². The van der Waals surface area contributed by atoms with Gasteiger partial charge in [-0.2, -0.15) is 5.01 Å². The number of halogens is 7. The van der Waals surface area contributed by atoms with E-state index < -0.39 is 48.6 Å². The lowest BCUT2D eigenvalue weighted by Gasteiger charge is -2.37. The number of allylic oxidation sites excluding steroid dienone is 2. The predicted molar refractivity (Wildman–Crippen MR) is 146 cm³/mol. The number of nitro benzene ring substituents is 1. The Morgan fingerprint density at radius 3 is 2.00 bits per heavy atom. The molecular formula is C23H12BrCl6N3O5. The van der Waals surface area contributed by atoms with Gasteiger partial charge < -0.3 is 0 Å². The first-order valence-electron chi connectivity index (χ1n) is 10.7. The number of amides is 3. The minimum Gasteiger partial charge on any atom is -0.272 e. The molecule has 1 saturated carbocycles. The fourth-order valence-corrected chi connectivity index (χ4v) is 8.31. The van der Waals surface area contributed by atoms with Crippen LogP contribution in [-0.2, 0) is 16.1 Å². The zero-order chi connectivity index (χ0) is 27.9. The number of nitrogens with zero attached hydrogens (tertiary/aromatic N) is 3. The second-order valence-corrected chi connectivity index (χ2v) is 13.1. The summed E-state index contributed by atoms with van der Waals surface area (Å²) >= 11 is 42.7. The summed E-state index contributed by atoms with van der Waals surface area (Å²) in [6.45, 7) is -0.266. The van der Waals surface area contributed by atoms with E-state index >= 15 is 0 Å². The van der Waals surface area contributed by atoms with Crippen molar-refractivity contribution < 1.29 is 19.3 Å². The van der Waals surface area contributed by atoms with Gasteiger partial charge in [-0.05, 0) is 23.8 Å². The normalized spacial score (nSPS) is 29.2. The lowest BCUT2D eigenvalue weighted by Crippen LogP contribution is -2.55. The van der Waals surface area contributed by atoms with Gasteiger partial charge >= 0.3 is 0 Å². The zero-order valence-electron chi connectivity index (χ0n) is 18.5. The van der Waals surface area contributed by atoms with Crippen LogP contribution in [0.2, 0.25) is 0 Å². The largest absolute Gasteiger partial charge is 0.273 e. The smallest absolute Gasteiger partial charge is 0.272 e. The van der Waals surface area contributed by atoms with Gasteiger partial charge in [-0.25, -0.2) is 5.01 Å². The summed E-state index contributed by atoms with van der Waals surface area (Å²) in [6, 6.07) is 11.6. The second kappa shape index (κ2) is 9.23. The molecule has 198 valence electrons. The van der Waals surface area contributed by atoms with Gasteiger partial charge in [0.2, 0.25) is 0 Å². The van der Waals surface area contributed by atoms with Gasteiger partial charge in [0.25, 0.3) is 23.4 Å². The van der Waals surface area contributed by atoms with Crippen molar-refractivity contribution in [3.8, 4) is 0 Å². The van der Waals surface area contributed by atoms with Gasteiger partial charge in [-0.3, -0.25) is 24.5 Å². The molecule has 15 heteroatoms. The third-order valence-electron chi connectivity index (χ3n) is 6.91. The number of imide groups is 1. The highest BCUT2D eigenvalue weighted by Crippen LogP contribution is 2.77. The fraction of sp³-hybridized carbons (Fsp3) is 0.261. The maximum Gasteiger partial charge on any atom is 0.273 e. The average molecular weight is 703 g/mol. The number of hydrogen-bond donors (Lipinski definition) is 0. The molecule has 2 fully saturated rings. The maximum absolute atomic E-state index is 13.9. The molecule has 0 spiro atoms. The highest BCUT2D eigenvalue weighted by atomic mass is 79.9. The molecule has 2 bridgehead atoms. The van der Waals surface area contributed by atoms with Crippen molar-refractivity contribution in [2.24, 2.45) is 11.8 Å². The molecule has 0 radical (unpaired) electrons. The quantitative estimate of drug-likeness (QED) is 0.156. The molecule has 1 heterocycles. The lowest BCUT2D eigenvalue weighted by molar-refractivity contribution is -0.384. The first-order chi connectivity index (χ1) is 17.7. The number of carbonyl (C=O) groups excluding carboxylic acids is 3. The van der Waals surface area contributed by atoms with Crippen LogP contribution >= 0.6 is 85.5 Å². The molecule has 8 nitrogen and oxygen atoms in total. The van der Waals surface area contributed by atoms with Gasteiger partial charge in [0.1, 0.15) is 9.75 Å². The molecule has 2 aromatic carbocycles. The summed E-state index contributed by atoms with van der Waals surface area (Å²) in [5, 5.41) is 12.3. The second-order valence-electron chi connectivity index (χ2n) is 8.87. The van der Waals surface area contributed by atoms with Crippen molar-refractivity contribution in [3.63, 3.8) is 0 Å². The van der Waals surface area contributed by atoms with Crippen molar-refractivity contribution >= 4 is 109 Å². The molecule has 2 aliphatic carbocycles. The van der Waals surface area contributed by atoms with Crippen LogP contribution in [0.15, 0.2) is 63.1 Å². The Bertz CT molecular complexity index is 1420. The van der Waals surface area contributed by atoms with E-state index in [1.807, 2.05) is 0 Å². The van der Waals surface area contributed by atoms with Crippen LogP contribution < -0.4 is 0 Å². The number of benzene rings is 2. The Morgan fingerprint density at radius 1 is 0.974 bits per heavy atom. The first-order valence-corrected chi connectivity index (χ1v) is 13.8. The van der Waals surface area contributed by atoms with E-state index in [1.54, 1.807) is 24.3 Å². The Hall–Kier alpha value is -1.59. The summed E-state index contributed by atoms with van der Waals surface area (Å²) in [7, 11) is 0. The van der Waals surface area contributed by atoms with E-state index in [0.717, 1.165) is 15.5 Å². The SMILES string of the molecule is O=C(c1cccc([N+](=O)[O-])c1)N(Cc1ccc(Br)cc1)N1C(=O)[C@@H]2[C@H](C1=O)[C@@]1(Cl)C(Cl)=C(Cl)[C@@]2(Cl)C1(Cl)Cl. The average Bonchev–Trinajstić information content (AvgIpc) is 3.26. The number of carbonyl (C=O) groups is 3. The minimum atomic E-state index is -2.13. The molecule has 0 unspecified atom stereocenters. The summed E-state index contributed by atoms with van der Waals surface area (Å²) in [5.74, 6) is -5.64. The number of hydrazine groups is 1. The Kier molecular flexibility index (Phi) is 6.79. The van der Waals surface area contributed by atoms with Gasteiger partial charge in [0.05, 0.1) is 33.4 Å². The minimum absolute atomic E-state index is 0.142. The highest BCUT2D eigenvalue weighted by molar-refractivity contribution is 9.10. The summed E-state index contributed by atoms with van der Waals surface area (Å²) in [4.78, 5) is 48.0. The molecule has 5 rings (SSSR count). The third-order valence-corrected chi connectivity index (χ3v) is 11.7. The maximum atomic E-state index is 13.9. The third kappa shape index (κ3) is 3.52. The molecule has 1 aliphatic heterocycles. The molecule has 0 aromatic heterocycles. The van der Waals surface area contributed by atoms with Crippen LogP contribution in [0.25, 0.3) is 0 Å². The highest BCUT2D eigenvalue weighted by Gasteiger charge is 2.88. The monoisotopic (exact) mass is 699 g/mol. The van der Waals surface area contributed by atoms with Crippen molar-refractivity contribution in [2.75, 3.05) is 0 Å². The van der Waals surface area contributed by atoms with Crippen LogP contribution in [0, 0.1) is 22.0 Å². The number of non-ortho nitro benzene ring substituents is 1. The van der Waals surface area contributed by atoms with Crippen molar-refractivity contribution in [2.45, 2.75) is 20.6 Å². The standard InChI is InChI=1S/C23H12BrCl6N3O5/c24-12-6-4-10(5-7-12)9-31(18(34)11-2-1-3-13(8-11)33(37)38)32-19(35)14-15(20(32)36)22(28)17(26)16(25)21(14,27)23(22,29)30/h1-8,14-15H,9H2/t14-,15+,21-,22-/m1/s1.